The summed E-state index contributed by atoms with van der Waals surface area (Å²) in [6, 6.07) is 4.60. The summed E-state index contributed by atoms with van der Waals surface area (Å²) in [5.74, 6) is -1.60. The molecule has 1 aromatic rings. The molecule has 1 amide bonds. The van der Waals surface area contributed by atoms with E-state index in [1.54, 1.807) is 6.07 Å². The molecule has 2 N–H and O–H groups in total. The number of benzene rings is 1. The van der Waals surface area contributed by atoms with Gasteiger partial charge in [0.15, 0.2) is 0 Å². The number of carboxylic acid groups (broad SMARTS) is 1. The number of aliphatic carboxylic acids is 1. The maximum atomic E-state index is 11.9. The lowest BCUT2D eigenvalue weighted by Crippen LogP contribution is -2.22. The van der Waals surface area contributed by atoms with Gasteiger partial charge in [-0.3, -0.25) is 4.79 Å². The highest BCUT2D eigenvalue weighted by Gasteiger charge is 2.16. The first-order valence-electron chi connectivity index (χ1n) is 7.28. The van der Waals surface area contributed by atoms with E-state index in [4.69, 9.17) is 19.3 Å². The summed E-state index contributed by atoms with van der Waals surface area (Å²) in [7, 11) is 1.23. The number of hydrogen-bond donors (Lipinski definition) is 2. The van der Waals surface area contributed by atoms with E-state index in [9.17, 15) is 14.4 Å². The quantitative estimate of drug-likeness (QED) is 0.657. The van der Waals surface area contributed by atoms with Gasteiger partial charge in [0.05, 0.1) is 25.0 Å². The molecule has 24 heavy (non-hydrogen) atoms. The van der Waals surface area contributed by atoms with Crippen molar-refractivity contribution in [3.63, 3.8) is 0 Å². The Morgan fingerprint density at radius 2 is 1.92 bits per heavy atom. The molecule has 0 bridgehead atoms. The zero-order valence-corrected chi connectivity index (χ0v) is 13.8. The lowest BCUT2D eigenvalue weighted by atomic mass is 10.1. The van der Waals surface area contributed by atoms with E-state index >= 15 is 0 Å². The van der Waals surface area contributed by atoms with Gasteiger partial charge >= 0.3 is 11.9 Å². The number of hydrogen-bond acceptors (Lipinski definition) is 6. The zero-order valence-electron chi connectivity index (χ0n) is 13.8. The number of rotatable bonds is 9. The number of carbonyl (C=O) groups is 3. The minimum Gasteiger partial charge on any atom is -0.493 e. The van der Waals surface area contributed by atoms with Gasteiger partial charge in [-0.15, -0.1) is 0 Å². The average molecular weight is 339 g/mol. The Morgan fingerprint density at radius 1 is 1.21 bits per heavy atom. The third-order valence-electron chi connectivity index (χ3n) is 2.71. The molecule has 0 saturated heterocycles. The monoisotopic (exact) mass is 339 g/mol. The second-order valence-corrected chi connectivity index (χ2v) is 5.34. The second kappa shape index (κ2) is 9.51. The van der Waals surface area contributed by atoms with Crippen molar-refractivity contribution in [1.82, 2.24) is 0 Å². The van der Waals surface area contributed by atoms with Crippen LogP contribution in [0.3, 0.4) is 0 Å². The number of esters is 1. The van der Waals surface area contributed by atoms with Crippen molar-refractivity contribution in [1.29, 1.82) is 0 Å². The summed E-state index contributed by atoms with van der Waals surface area (Å²) in [5.41, 5.74) is 0.355. The van der Waals surface area contributed by atoms with Gasteiger partial charge in [-0.25, -0.2) is 9.59 Å². The summed E-state index contributed by atoms with van der Waals surface area (Å²) >= 11 is 0. The molecule has 0 fully saturated rings. The molecule has 1 rings (SSSR count). The summed E-state index contributed by atoms with van der Waals surface area (Å²) in [5, 5.41) is 10.9. The van der Waals surface area contributed by atoms with Crippen molar-refractivity contribution in [3.05, 3.63) is 23.8 Å². The van der Waals surface area contributed by atoms with Crippen LogP contribution in [-0.2, 0) is 19.1 Å². The molecule has 1 aromatic carbocycles. The maximum Gasteiger partial charge on any atom is 0.340 e. The van der Waals surface area contributed by atoms with Crippen LogP contribution < -0.4 is 10.1 Å². The fourth-order valence-electron chi connectivity index (χ4n) is 1.68. The Labute approximate surface area is 139 Å². The smallest absolute Gasteiger partial charge is 0.340 e. The zero-order chi connectivity index (χ0) is 18.1. The van der Waals surface area contributed by atoms with Gasteiger partial charge in [-0.1, -0.05) is 13.8 Å². The topological polar surface area (TPSA) is 111 Å². The average Bonchev–Trinajstić information content (AvgIpc) is 2.52. The molecule has 0 unspecified atom stereocenters. The first-order valence-corrected chi connectivity index (χ1v) is 7.28. The summed E-state index contributed by atoms with van der Waals surface area (Å²) in [6.45, 7) is 3.44. The largest absolute Gasteiger partial charge is 0.493 e. The van der Waals surface area contributed by atoms with Crippen LogP contribution in [0.5, 0.6) is 5.75 Å². The number of carbonyl (C=O) groups excluding carboxylic acids is 2. The Kier molecular flexibility index (Phi) is 7.70. The Morgan fingerprint density at radius 3 is 2.50 bits per heavy atom. The van der Waals surface area contributed by atoms with Crippen molar-refractivity contribution in [2.75, 3.05) is 32.2 Å². The molecule has 0 aliphatic carbocycles. The molecule has 0 radical (unpaired) electrons. The highest BCUT2D eigenvalue weighted by molar-refractivity contribution is 6.02. The Balaban J connectivity index is 2.82. The van der Waals surface area contributed by atoms with Gasteiger partial charge in [0, 0.05) is 0 Å². The predicted octanol–water partition coefficient (Wildman–Crippen LogP) is 1.55. The molecule has 0 aromatic heterocycles. The second-order valence-electron chi connectivity index (χ2n) is 5.34. The predicted molar refractivity (Wildman–Crippen MR) is 85.2 cm³/mol. The number of ether oxygens (including phenoxy) is 3. The SMILES string of the molecule is COC(=O)c1cc(OCC(C)C)ccc1NC(=O)COCC(=O)O. The van der Waals surface area contributed by atoms with Crippen LogP contribution in [0.2, 0.25) is 0 Å². The molecular weight excluding hydrogens is 318 g/mol. The molecule has 0 aliphatic rings. The Hall–Kier alpha value is -2.61. The lowest BCUT2D eigenvalue weighted by molar-refractivity contribution is -0.143. The van der Waals surface area contributed by atoms with E-state index in [-0.39, 0.29) is 11.3 Å². The fraction of sp³-hybridized carbons (Fsp3) is 0.438. The van der Waals surface area contributed by atoms with Crippen LogP contribution in [0, 0.1) is 5.92 Å². The van der Waals surface area contributed by atoms with Crippen molar-refractivity contribution in [3.8, 4) is 5.75 Å². The van der Waals surface area contributed by atoms with Gasteiger partial charge in [0.2, 0.25) is 5.91 Å². The highest BCUT2D eigenvalue weighted by atomic mass is 16.5. The van der Waals surface area contributed by atoms with E-state index in [2.05, 4.69) is 5.32 Å². The van der Waals surface area contributed by atoms with Gasteiger partial charge in [-0.05, 0) is 24.1 Å². The summed E-state index contributed by atoms with van der Waals surface area (Å²) in [4.78, 5) is 34.0. The van der Waals surface area contributed by atoms with E-state index in [0.717, 1.165) is 0 Å². The van der Waals surface area contributed by atoms with Gasteiger partial charge < -0.3 is 24.6 Å². The third-order valence-corrected chi connectivity index (χ3v) is 2.71. The molecule has 132 valence electrons. The maximum absolute atomic E-state index is 11.9. The molecule has 0 saturated carbocycles. The van der Waals surface area contributed by atoms with Gasteiger partial charge in [0.25, 0.3) is 0 Å². The fourth-order valence-corrected chi connectivity index (χ4v) is 1.68. The number of anilines is 1. The molecular formula is C16H21NO7. The number of methoxy groups -OCH3 is 1. The van der Waals surface area contributed by atoms with Gasteiger partial charge in [-0.2, -0.15) is 0 Å². The number of carboxylic acids is 1. The Bertz CT molecular complexity index is 598. The number of nitrogens with one attached hydrogen (secondary N) is 1. The molecule has 0 atom stereocenters. The van der Waals surface area contributed by atoms with Crippen LogP contribution in [-0.4, -0.2) is 49.9 Å². The third kappa shape index (κ3) is 6.66. The van der Waals surface area contributed by atoms with Gasteiger partial charge in [0.1, 0.15) is 19.0 Å². The van der Waals surface area contributed by atoms with Crippen LogP contribution in [0.1, 0.15) is 24.2 Å². The van der Waals surface area contributed by atoms with Crippen LogP contribution in [0.15, 0.2) is 18.2 Å². The van der Waals surface area contributed by atoms with Crippen molar-refractivity contribution in [2.45, 2.75) is 13.8 Å². The van der Waals surface area contributed by atoms with Crippen molar-refractivity contribution < 1.29 is 33.7 Å². The first-order chi connectivity index (χ1) is 11.3. The summed E-state index contributed by atoms with van der Waals surface area (Å²) in [6.07, 6.45) is 0. The molecule has 8 nitrogen and oxygen atoms in total. The van der Waals surface area contributed by atoms with Crippen molar-refractivity contribution in [2.24, 2.45) is 5.92 Å². The minimum atomic E-state index is -1.18. The highest BCUT2D eigenvalue weighted by Crippen LogP contribution is 2.23. The van der Waals surface area contributed by atoms with E-state index < -0.39 is 31.1 Å². The molecule has 0 spiro atoms. The normalized spacial score (nSPS) is 10.3. The minimum absolute atomic E-state index is 0.130. The molecule has 0 heterocycles. The lowest BCUT2D eigenvalue weighted by Gasteiger charge is -2.13. The van der Waals surface area contributed by atoms with E-state index in [1.165, 1.54) is 19.2 Å². The van der Waals surface area contributed by atoms with E-state index in [0.29, 0.717) is 18.3 Å². The van der Waals surface area contributed by atoms with E-state index in [1.807, 2.05) is 13.8 Å². The van der Waals surface area contributed by atoms with Crippen LogP contribution >= 0.6 is 0 Å². The molecule has 0 aliphatic heterocycles. The first kappa shape index (κ1) is 19.4. The molecule has 8 heteroatoms. The number of amides is 1. The standard InChI is InChI=1S/C16H21NO7/c1-10(2)7-24-11-4-5-13(12(6-11)16(21)22-3)17-14(18)8-23-9-15(19)20/h4-6,10H,7-9H2,1-3H3,(H,17,18)(H,19,20). The van der Waals surface area contributed by atoms with Crippen LogP contribution in [0.4, 0.5) is 5.69 Å². The summed E-state index contributed by atoms with van der Waals surface area (Å²) < 4.78 is 14.9. The van der Waals surface area contributed by atoms with Crippen LogP contribution in [0.25, 0.3) is 0 Å². The van der Waals surface area contributed by atoms with Crippen molar-refractivity contribution >= 4 is 23.5 Å².